The molecule has 4 heteroatoms. The van der Waals surface area contributed by atoms with E-state index < -0.39 is 0 Å². The molecule has 16 heavy (non-hydrogen) atoms. The second-order valence-corrected chi connectivity index (χ2v) is 6.51. The molecule has 2 unspecified atom stereocenters. The Hall–Kier alpha value is -0.220. The third-order valence-corrected chi connectivity index (χ3v) is 4.33. The van der Waals surface area contributed by atoms with Gasteiger partial charge in [-0.2, -0.15) is 0 Å². The van der Waals surface area contributed by atoms with Crippen LogP contribution in [-0.2, 0) is 4.74 Å². The Morgan fingerprint density at radius 2 is 2.31 bits per heavy atom. The van der Waals surface area contributed by atoms with Crippen LogP contribution in [0.5, 0.6) is 0 Å². The fourth-order valence-corrected chi connectivity index (χ4v) is 3.14. The van der Waals surface area contributed by atoms with Gasteiger partial charge >= 0.3 is 0 Å². The molecule has 1 fully saturated rings. The van der Waals surface area contributed by atoms with Crippen LogP contribution < -0.4 is 5.32 Å². The van der Waals surface area contributed by atoms with Crippen molar-refractivity contribution in [3.05, 3.63) is 0 Å². The third kappa shape index (κ3) is 3.39. The number of aliphatic imine (C=N–C) groups is 1. The predicted molar refractivity (Wildman–Crippen MR) is 70.1 cm³/mol. The summed E-state index contributed by atoms with van der Waals surface area (Å²) in [4.78, 5) is 4.58. The van der Waals surface area contributed by atoms with E-state index in [2.05, 4.69) is 31.1 Å². The van der Waals surface area contributed by atoms with Gasteiger partial charge in [0.05, 0.1) is 5.60 Å². The van der Waals surface area contributed by atoms with Crippen LogP contribution in [0.3, 0.4) is 0 Å². The smallest absolute Gasteiger partial charge is 0.156 e. The van der Waals surface area contributed by atoms with Crippen LogP contribution in [0.25, 0.3) is 0 Å². The molecule has 3 nitrogen and oxygen atoms in total. The van der Waals surface area contributed by atoms with Crippen molar-refractivity contribution in [2.24, 2.45) is 10.9 Å². The number of hydrogen-bond donors (Lipinski definition) is 1. The molecule has 2 aliphatic rings. The minimum Gasteiger partial charge on any atom is -0.375 e. The van der Waals surface area contributed by atoms with Gasteiger partial charge in [0, 0.05) is 24.9 Å². The second-order valence-electron chi connectivity index (χ2n) is 5.50. The maximum atomic E-state index is 5.72. The van der Waals surface area contributed by atoms with E-state index in [9.17, 15) is 0 Å². The lowest BCUT2D eigenvalue weighted by Gasteiger charge is -2.36. The molecule has 0 aromatic rings. The van der Waals surface area contributed by atoms with Crippen LogP contribution in [0.4, 0.5) is 0 Å². The quantitative estimate of drug-likeness (QED) is 0.766. The van der Waals surface area contributed by atoms with Crippen molar-refractivity contribution in [1.29, 1.82) is 0 Å². The van der Waals surface area contributed by atoms with Crippen molar-refractivity contribution >= 4 is 16.9 Å². The molecule has 2 atom stereocenters. The van der Waals surface area contributed by atoms with Crippen molar-refractivity contribution in [2.75, 3.05) is 18.9 Å². The summed E-state index contributed by atoms with van der Waals surface area (Å²) in [6.45, 7) is 8.42. The molecule has 1 saturated heterocycles. The van der Waals surface area contributed by atoms with E-state index in [1.54, 1.807) is 0 Å². The fraction of sp³-hybridized carbons (Fsp3) is 0.917. The third-order valence-electron chi connectivity index (χ3n) is 3.08. The molecule has 1 N–H and O–H groups in total. The molecule has 2 heterocycles. The Labute approximate surface area is 102 Å². The maximum Gasteiger partial charge on any atom is 0.156 e. The predicted octanol–water partition coefficient (Wildman–Crippen LogP) is 2.27. The fourth-order valence-electron chi connectivity index (χ4n) is 2.18. The van der Waals surface area contributed by atoms with Crippen molar-refractivity contribution in [3.8, 4) is 0 Å². The highest BCUT2D eigenvalue weighted by atomic mass is 32.2. The maximum absolute atomic E-state index is 5.72. The highest BCUT2D eigenvalue weighted by Gasteiger charge is 2.29. The number of thioether (sulfide) groups is 1. The number of nitrogens with one attached hydrogen (secondary N) is 1. The lowest BCUT2D eigenvalue weighted by Crippen LogP contribution is -2.45. The first-order valence-corrected chi connectivity index (χ1v) is 7.11. The van der Waals surface area contributed by atoms with E-state index in [4.69, 9.17) is 4.74 Å². The van der Waals surface area contributed by atoms with Gasteiger partial charge in [-0.05, 0) is 32.6 Å². The summed E-state index contributed by atoms with van der Waals surface area (Å²) in [6.07, 6.45) is 2.17. The van der Waals surface area contributed by atoms with Gasteiger partial charge in [-0.15, -0.1) is 0 Å². The minimum atomic E-state index is 0.0170. The first-order chi connectivity index (χ1) is 7.55. The van der Waals surface area contributed by atoms with Crippen molar-refractivity contribution < 1.29 is 4.74 Å². The second kappa shape index (κ2) is 4.96. The van der Waals surface area contributed by atoms with E-state index in [0.29, 0.717) is 6.04 Å². The monoisotopic (exact) mass is 242 g/mol. The zero-order chi connectivity index (χ0) is 11.6. The van der Waals surface area contributed by atoms with Gasteiger partial charge in [0.15, 0.2) is 5.17 Å². The summed E-state index contributed by atoms with van der Waals surface area (Å²) >= 11 is 1.86. The van der Waals surface area contributed by atoms with Gasteiger partial charge < -0.3 is 10.1 Å². The highest BCUT2D eigenvalue weighted by molar-refractivity contribution is 8.13. The first-order valence-electron chi connectivity index (χ1n) is 6.13. The van der Waals surface area contributed by atoms with E-state index in [1.807, 2.05) is 11.8 Å². The molecule has 0 spiro atoms. The number of nitrogens with zero attached hydrogens (tertiary/aromatic N) is 1. The Bertz CT molecular complexity index is 278. The molecule has 0 aromatic heterocycles. The molecule has 2 rings (SSSR count). The largest absolute Gasteiger partial charge is 0.375 e. The van der Waals surface area contributed by atoms with Gasteiger partial charge in [-0.25, -0.2) is 0 Å². The molecular weight excluding hydrogens is 220 g/mol. The summed E-state index contributed by atoms with van der Waals surface area (Å²) in [5.74, 6) is 1.92. The zero-order valence-electron chi connectivity index (χ0n) is 10.5. The van der Waals surface area contributed by atoms with Crippen molar-refractivity contribution in [3.63, 3.8) is 0 Å². The standard InChI is InChI=1S/C12H22N2OS/c1-9-7-13-11(16-8-9)14-10-4-5-15-12(2,3)6-10/h9-10H,4-8H2,1-3H3,(H,13,14). The zero-order valence-corrected chi connectivity index (χ0v) is 11.3. The van der Waals surface area contributed by atoms with Gasteiger partial charge in [0.1, 0.15) is 0 Å². The molecule has 0 radical (unpaired) electrons. The van der Waals surface area contributed by atoms with Gasteiger partial charge in [-0.3, -0.25) is 4.99 Å². The molecule has 0 aliphatic carbocycles. The number of hydrogen-bond acceptors (Lipinski definition) is 4. The van der Waals surface area contributed by atoms with E-state index >= 15 is 0 Å². The van der Waals surface area contributed by atoms with Crippen LogP contribution in [-0.4, -0.2) is 35.7 Å². The lowest BCUT2D eigenvalue weighted by atomic mass is 9.94. The average molecular weight is 242 g/mol. The molecule has 92 valence electrons. The van der Waals surface area contributed by atoms with Crippen LogP contribution >= 0.6 is 11.8 Å². The summed E-state index contributed by atoms with van der Waals surface area (Å²) in [7, 11) is 0. The first kappa shape index (κ1) is 12.2. The van der Waals surface area contributed by atoms with Crippen molar-refractivity contribution in [2.45, 2.75) is 45.3 Å². The molecule has 0 saturated carbocycles. The summed E-state index contributed by atoms with van der Waals surface area (Å²) in [6, 6.07) is 0.531. The summed E-state index contributed by atoms with van der Waals surface area (Å²) < 4.78 is 5.72. The Morgan fingerprint density at radius 1 is 1.50 bits per heavy atom. The number of amidine groups is 1. The molecule has 2 aliphatic heterocycles. The van der Waals surface area contributed by atoms with Gasteiger partial charge in [0.2, 0.25) is 0 Å². The SMILES string of the molecule is CC1CN=C(NC2CCOC(C)(C)C2)SC1. The molecule has 0 amide bonds. The van der Waals surface area contributed by atoms with E-state index in [0.717, 1.165) is 37.1 Å². The number of rotatable bonds is 1. The minimum absolute atomic E-state index is 0.0170. The summed E-state index contributed by atoms with van der Waals surface area (Å²) in [5.41, 5.74) is 0.0170. The lowest BCUT2D eigenvalue weighted by molar-refractivity contribution is -0.0603. The van der Waals surface area contributed by atoms with Crippen LogP contribution in [0.15, 0.2) is 4.99 Å². The average Bonchev–Trinajstić information content (AvgIpc) is 2.20. The van der Waals surface area contributed by atoms with Crippen LogP contribution in [0.2, 0.25) is 0 Å². The van der Waals surface area contributed by atoms with E-state index in [-0.39, 0.29) is 5.60 Å². The Kier molecular flexibility index (Phi) is 3.80. The topological polar surface area (TPSA) is 33.6 Å². The Morgan fingerprint density at radius 3 is 2.94 bits per heavy atom. The number of ether oxygens (including phenoxy) is 1. The van der Waals surface area contributed by atoms with E-state index in [1.165, 1.54) is 5.75 Å². The summed E-state index contributed by atoms with van der Waals surface area (Å²) in [5, 5.41) is 4.71. The highest BCUT2D eigenvalue weighted by Crippen LogP contribution is 2.25. The van der Waals surface area contributed by atoms with Crippen LogP contribution in [0, 0.1) is 5.92 Å². The molecule has 0 bridgehead atoms. The molecule has 0 aromatic carbocycles. The normalized spacial score (nSPS) is 34.3. The Balaban J connectivity index is 1.85. The van der Waals surface area contributed by atoms with Crippen molar-refractivity contribution in [1.82, 2.24) is 5.32 Å². The van der Waals surface area contributed by atoms with Crippen LogP contribution in [0.1, 0.15) is 33.6 Å². The molecular formula is C12H22N2OS. The van der Waals surface area contributed by atoms with Gasteiger partial charge in [-0.1, -0.05) is 18.7 Å². The van der Waals surface area contributed by atoms with Gasteiger partial charge in [0.25, 0.3) is 0 Å².